The van der Waals surface area contributed by atoms with Gasteiger partial charge in [-0.05, 0) is 30.1 Å². The van der Waals surface area contributed by atoms with Gasteiger partial charge >= 0.3 is 0 Å². The summed E-state index contributed by atoms with van der Waals surface area (Å²) in [5.74, 6) is 0.974. The molecule has 22 heavy (non-hydrogen) atoms. The van der Waals surface area contributed by atoms with Gasteiger partial charge in [0.25, 0.3) is 0 Å². The molecule has 0 aliphatic carbocycles. The highest BCUT2D eigenvalue weighted by Gasteiger charge is 2.32. The van der Waals surface area contributed by atoms with Gasteiger partial charge in [-0.25, -0.2) is 0 Å². The lowest BCUT2D eigenvalue weighted by atomic mass is 9.67. The zero-order chi connectivity index (χ0) is 17.0. The van der Waals surface area contributed by atoms with Crippen LogP contribution in [0.15, 0.2) is 36.5 Å². The lowest BCUT2D eigenvalue weighted by molar-refractivity contribution is 0.108. The van der Waals surface area contributed by atoms with Crippen LogP contribution in [0, 0.1) is 17.3 Å². The van der Waals surface area contributed by atoms with Crippen molar-refractivity contribution in [2.45, 2.75) is 67.2 Å². The van der Waals surface area contributed by atoms with Gasteiger partial charge in [-0.15, -0.1) is 0 Å². The van der Waals surface area contributed by atoms with E-state index in [1.54, 1.807) is 0 Å². The van der Waals surface area contributed by atoms with Crippen molar-refractivity contribution in [1.82, 2.24) is 0 Å². The third-order valence-electron chi connectivity index (χ3n) is 4.74. The Morgan fingerprint density at radius 2 is 1.95 bits per heavy atom. The molecule has 1 nitrogen and oxygen atoms in total. The minimum absolute atomic E-state index is 0.338. The number of allylic oxidation sites excluding steroid dienone is 4. The fraction of sp³-hybridized carbons (Fsp3) is 0.714. The van der Waals surface area contributed by atoms with Crippen LogP contribution < -0.4 is 0 Å². The van der Waals surface area contributed by atoms with E-state index >= 15 is 0 Å². The largest absolute Gasteiger partial charge is 0.377 e. The number of hydrogen-bond acceptors (Lipinski definition) is 1. The Hall–Kier alpha value is -0.820. The predicted octanol–water partition coefficient (Wildman–Crippen LogP) is 6.57. The molecule has 0 amide bonds. The fourth-order valence-corrected chi connectivity index (χ4v) is 3.23. The zero-order valence-electron chi connectivity index (χ0n) is 15.8. The fourth-order valence-electron chi connectivity index (χ4n) is 3.23. The monoisotopic (exact) mass is 306 g/mol. The molecule has 1 aliphatic rings. The molecule has 3 unspecified atom stereocenters. The molecule has 1 rings (SSSR count). The van der Waals surface area contributed by atoms with E-state index in [1.807, 2.05) is 13.8 Å². The average molecular weight is 307 g/mol. The maximum Gasteiger partial charge on any atom is 0.0647 e. The Bertz CT molecular complexity index is 353. The molecule has 0 aromatic heterocycles. The van der Waals surface area contributed by atoms with Crippen LogP contribution in [0.1, 0.15) is 67.2 Å². The number of ether oxygens (including phenoxy) is 1. The Kier molecular flexibility index (Phi) is 11.3. The Balaban J connectivity index is 0.00000211. The van der Waals surface area contributed by atoms with Crippen molar-refractivity contribution in [1.29, 1.82) is 0 Å². The van der Waals surface area contributed by atoms with Crippen LogP contribution in [0.25, 0.3) is 0 Å². The highest BCUT2D eigenvalue weighted by molar-refractivity contribution is 5.22. The van der Waals surface area contributed by atoms with E-state index < -0.39 is 0 Å². The van der Waals surface area contributed by atoms with Crippen molar-refractivity contribution in [2.24, 2.45) is 17.3 Å². The first-order chi connectivity index (χ1) is 10.5. The van der Waals surface area contributed by atoms with Gasteiger partial charge in [0.2, 0.25) is 0 Å². The normalized spacial score (nSPS) is 28.5. The summed E-state index contributed by atoms with van der Waals surface area (Å²) in [6.45, 7) is 19.1. The second kappa shape index (κ2) is 11.7. The molecule has 0 N–H and O–H groups in total. The van der Waals surface area contributed by atoms with E-state index in [-0.39, 0.29) is 0 Å². The molecule has 1 heterocycles. The topological polar surface area (TPSA) is 9.23 Å². The molecular weight excluding hydrogens is 268 g/mol. The van der Waals surface area contributed by atoms with Crippen molar-refractivity contribution in [3.63, 3.8) is 0 Å². The van der Waals surface area contributed by atoms with Crippen LogP contribution in [0.4, 0.5) is 0 Å². The van der Waals surface area contributed by atoms with Gasteiger partial charge in [-0.2, -0.15) is 0 Å². The zero-order valence-corrected chi connectivity index (χ0v) is 15.8. The van der Waals surface area contributed by atoms with E-state index in [9.17, 15) is 0 Å². The summed E-state index contributed by atoms with van der Waals surface area (Å²) in [7, 11) is 0. The van der Waals surface area contributed by atoms with E-state index in [0.29, 0.717) is 17.3 Å². The molecule has 0 aromatic rings. The number of rotatable bonds is 4. The Morgan fingerprint density at radius 3 is 2.55 bits per heavy atom. The van der Waals surface area contributed by atoms with Crippen LogP contribution in [0.3, 0.4) is 0 Å². The minimum atomic E-state index is 0.338. The molecule has 1 aliphatic heterocycles. The van der Waals surface area contributed by atoms with Crippen molar-refractivity contribution in [3.05, 3.63) is 36.5 Å². The van der Waals surface area contributed by atoms with Gasteiger partial charge in [0, 0.05) is 6.61 Å². The molecule has 3 atom stereocenters. The van der Waals surface area contributed by atoms with Gasteiger partial charge in [0.05, 0.1) is 6.61 Å². The standard InChI is InChI=1S/C19H32O.C2H6/c1-6-13-19(5,7-2)18-12-15-20-14-8-9-16(3)10-11-17(18)4;1-2/h8-11,16,18H,4,6-7,12-15H2,1-3,5H3;1-2H3/b9-8-,11-10-;. The van der Waals surface area contributed by atoms with E-state index in [2.05, 4.69) is 58.6 Å². The molecule has 0 fully saturated rings. The van der Waals surface area contributed by atoms with Crippen LogP contribution >= 0.6 is 0 Å². The maximum absolute atomic E-state index is 5.75. The summed E-state index contributed by atoms with van der Waals surface area (Å²) in [6.07, 6.45) is 13.6. The molecule has 0 aromatic carbocycles. The minimum Gasteiger partial charge on any atom is -0.377 e. The lowest BCUT2D eigenvalue weighted by Gasteiger charge is -2.38. The summed E-state index contributed by atoms with van der Waals surface area (Å²) in [5.41, 5.74) is 1.61. The predicted molar refractivity (Wildman–Crippen MR) is 100 cm³/mol. The van der Waals surface area contributed by atoms with Gasteiger partial charge in [0.15, 0.2) is 0 Å². The van der Waals surface area contributed by atoms with Gasteiger partial charge in [-0.3, -0.25) is 0 Å². The van der Waals surface area contributed by atoms with E-state index in [0.717, 1.165) is 19.6 Å². The third-order valence-corrected chi connectivity index (χ3v) is 4.74. The molecule has 0 bridgehead atoms. The number of hydrogen-bond donors (Lipinski definition) is 0. The molecule has 0 saturated carbocycles. The van der Waals surface area contributed by atoms with Crippen molar-refractivity contribution < 1.29 is 4.74 Å². The first-order valence-corrected chi connectivity index (χ1v) is 9.15. The summed E-state index contributed by atoms with van der Waals surface area (Å²) in [4.78, 5) is 0. The molecule has 1 heteroatoms. The third kappa shape index (κ3) is 6.96. The van der Waals surface area contributed by atoms with E-state index in [1.165, 1.54) is 24.8 Å². The molecule has 0 spiro atoms. The van der Waals surface area contributed by atoms with Crippen molar-refractivity contribution >= 4 is 0 Å². The van der Waals surface area contributed by atoms with Gasteiger partial charge in [0.1, 0.15) is 0 Å². The van der Waals surface area contributed by atoms with Crippen molar-refractivity contribution in [3.8, 4) is 0 Å². The molecular formula is C21H38O. The van der Waals surface area contributed by atoms with Gasteiger partial charge < -0.3 is 4.74 Å². The first-order valence-electron chi connectivity index (χ1n) is 9.15. The van der Waals surface area contributed by atoms with Gasteiger partial charge in [-0.1, -0.05) is 90.8 Å². The summed E-state index contributed by atoms with van der Waals surface area (Å²) < 4.78 is 5.75. The summed E-state index contributed by atoms with van der Waals surface area (Å²) in [6, 6.07) is 0. The molecule has 0 radical (unpaired) electrons. The Labute approximate surface area is 139 Å². The molecule has 128 valence electrons. The average Bonchev–Trinajstić information content (AvgIpc) is 2.56. The SMILES string of the molecule is C=C1/C=C\C(C)/C=C\COCCC1C(C)(CC)CCC.CC. The quantitative estimate of drug-likeness (QED) is 0.534. The highest BCUT2D eigenvalue weighted by atomic mass is 16.5. The second-order valence-corrected chi connectivity index (χ2v) is 6.40. The summed E-state index contributed by atoms with van der Waals surface area (Å²) in [5, 5.41) is 0. The van der Waals surface area contributed by atoms with Crippen LogP contribution in [0.5, 0.6) is 0 Å². The van der Waals surface area contributed by atoms with E-state index in [4.69, 9.17) is 4.74 Å². The lowest BCUT2D eigenvalue weighted by Crippen LogP contribution is -2.29. The highest BCUT2D eigenvalue weighted by Crippen LogP contribution is 2.42. The second-order valence-electron chi connectivity index (χ2n) is 6.40. The van der Waals surface area contributed by atoms with Crippen molar-refractivity contribution in [2.75, 3.05) is 13.2 Å². The van der Waals surface area contributed by atoms with Crippen LogP contribution in [-0.2, 0) is 4.74 Å². The summed E-state index contributed by atoms with van der Waals surface area (Å²) >= 11 is 0. The molecule has 0 saturated heterocycles. The maximum atomic E-state index is 5.75. The smallest absolute Gasteiger partial charge is 0.0647 e. The van der Waals surface area contributed by atoms with Crippen LogP contribution in [-0.4, -0.2) is 13.2 Å². The first kappa shape index (κ1) is 21.2. The van der Waals surface area contributed by atoms with Crippen LogP contribution in [0.2, 0.25) is 0 Å². The Morgan fingerprint density at radius 1 is 1.27 bits per heavy atom.